The van der Waals surface area contributed by atoms with Crippen molar-refractivity contribution in [2.24, 2.45) is 0 Å². The lowest BCUT2D eigenvalue weighted by Crippen LogP contribution is -2.54. The number of rotatable bonds is 3. The molecule has 2 atom stereocenters. The zero-order valence-electron chi connectivity index (χ0n) is 10.00. The van der Waals surface area contributed by atoms with Crippen LogP contribution in [0.4, 0.5) is 0 Å². The first kappa shape index (κ1) is 11.3. The molecule has 0 saturated carbocycles. The van der Waals surface area contributed by atoms with E-state index < -0.39 is 0 Å². The van der Waals surface area contributed by atoms with Crippen molar-refractivity contribution in [1.29, 1.82) is 0 Å². The maximum absolute atomic E-state index is 3.69. The summed E-state index contributed by atoms with van der Waals surface area (Å²) >= 11 is 0. The van der Waals surface area contributed by atoms with Crippen molar-refractivity contribution in [2.45, 2.75) is 18.5 Å². The van der Waals surface area contributed by atoms with Crippen molar-refractivity contribution in [3.63, 3.8) is 0 Å². The standard InChI is InChI=1S/C11H24N4/c1-14-5-3-10(9-14)13-8-11-7-12-4-6-15(11)2/h10-13H,3-9H2,1-2H3. The first-order valence-electron chi connectivity index (χ1n) is 6.08. The monoisotopic (exact) mass is 212 g/mol. The average molecular weight is 212 g/mol. The third-order valence-corrected chi connectivity index (χ3v) is 3.68. The van der Waals surface area contributed by atoms with E-state index in [0.717, 1.165) is 19.6 Å². The van der Waals surface area contributed by atoms with Gasteiger partial charge < -0.3 is 15.5 Å². The molecule has 2 N–H and O–H groups in total. The van der Waals surface area contributed by atoms with Gasteiger partial charge in [0, 0.05) is 44.8 Å². The van der Waals surface area contributed by atoms with Crippen LogP contribution in [-0.4, -0.2) is 75.2 Å². The molecule has 88 valence electrons. The molecule has 2 saturated heterocycles. The van der Waals surface area contributed by atoms with Crippen LogP contribution in [0.15, 0.2) is 0 Å². The highest BCUT2D eigenvalue weighted by atomic mass is 15.2. The van der Waals surface area contributed by atoms with Gasteiger partial charge in [0.1, 0.15) is 0 Å². The maximum Gasteiger partial charge on any atom is 0.0342 e. The van der Waals surface area contributed by atoms with Crippen LogP contribution >= 0.6 is 0 Å². The van der Waals surface area contributed by atoms with Gasteiger partial charge in [-0.05, 0) is 27.1 Å². The molecule has 2 rings (SSSR count). The van der Waals surface area contributed by atoms with Crippen LogP contribution in [0, 0.1) is 0 Å². The van der Waals surface area contributed by atoms with Crippen LogP contribution in [0.1, 0.15) is 6.42 Å². The van der Waals surface area contributed by atoms with Crippen LogP contribution in [-0.2, 0) is 0 Å². The van der Waals surface area contributed by atoms with E-state index in [2.05, 4.69) is 34.5 Å². The van der Waals surface area contributed by atoms with Gasteiger partial charge in [0.25, 0.3) is 0 Å². The Bertz CT molecular complexity index is 197. The lowest BCUT2D eigenvalue weighted by Gasteiger charge is -2.34. The van der Waals surface area contributed by atoms with E-state index in [1.807, 2.05) is 0 Å². The van der Waals surface area contributed by atoms with E-state index in [0.29, 0.717) is 12.1 Å². The zero-order chi connectivity index (χ0) is 10.7. The SMILES string of the molecule is CN1CCC(NCC2CNCCN2C)C1. The quantitative estimate of drug-likeness (QED) is 0.640. The molecule has 0 amide bonds. The summed E-state index contributed by atoms with van der Waals surface area (Å²) in [6.07, 6.45) is 1.31. The summed E-state index contributed by atoms with van der Waals surface area (Å²) in [6.45, 7) is 7.03. The van der Waals surface area contributed by atoms with E-state index in [1.165, 1.54) is 26.1 Å². The molecule has 2 fully saturated rings. The molecule has 0 radical (unpaired) electrons. The normalized spacial score (nSPS) is 34.8. The van der Waals surface area contributed by atoms with Crippen LogP contribution in [0.3, 0.4) is 0 Å². The molecule has 0 bridgehead atoms. The number of piperazine rings is 1. The molecule has 2 unspecified atom stereocenters. The third kappa shape index (κ3) is 3.14. The average Bonchev–Trinajstić information content (AvgIpc) is 2.63. The highest BCUT2D eigenvalue weighted by Crippen LogP contribution is 2.07. The second kappa shape index (κ2) is 5.25. The van der Waals surface area contributed by atoms with E-state index in [1.54, 1.807) is 0 Å². The molecule has 2 aliphatic heterocycles. The van der Waals surface area contributed by atoms with Gasteiger partial charge in [-0.3, -0.25) is 4.90 Å². The summed E-state index contributed by atoms with van der Waals surface area (Å²) in [5.41, 5.74) is 0. The number of likely N-dealkylation sites (tertiary alicyclic amines) is 1. The minimum atomic E-state index is 0.671. The number of hydrogen-bond acceptors (Lipinski definition) is 4. The van der Waals surface area contributed by atoms with Gasteiger partial charge in [-0.1, -0.05) is 0 Å². The van der Waals surface area contributed by atoms with E-state index in [-0.39, 0.29) is 0 Å². The van der Waals surface area contributed by atoms with Crippen LogP contribution < -0.4 is 10.6 Å². The highest BCUT2D eigenvalue weighted by molar-refractivity contribution is 4.84. The zero-order valence-corrected chi connectivity index (χ0v) is 10.00. The summed E-state index contributed by atoms with van der Waals surface area (Å²) in [5.74, 6) is 0. The van der Waals surface area contributed by atoms with Gasteiger partial charge in [-0.15, -0.1) is 0 Å². The molecule has 0 aromatic heterocycles. The van der Waals surface area contributed by atoms with Crippen molar-refractivity contribution in [3.05, 3.63) is 0 Å². The molecule has 0 aromatic rings. The van der Waals surface area contributed by atoms with Crippen LogP contribution in [0.2, 0.25) is 0 Å². The molecule has 4 heteroatoms. The van der Waals surface area contributed by atoms with Crippen LogP contribution in [0.5, 0.6) is 0 Å². The minimum absolute atomic E-state index is 0.671. The Balaban J connectivity index is 1.68. The van der Waals surface area contributed by atoms with Gasteiger partial charge >= 0.3 is 0 Å². The fourth-order valence-electron chi connectivity index (χ4n) is 2.49. The fourth-order valence-corrected chi connectivity index (χ4v) is 2.49. The Kier molecular flexibility index (Phi) is 3.97. The summed E-state index contributed by atoms with van der Waals surface area (Å²) in [6, 6.07) is 1.38. The number of nitrogens with one attached hydrogen (secondary N) is 2. The topological polar surface area (TPSA) is 30.5 Å². The predicted molar refractivity (Wildman–Crippen MR) is 63.2 cm³/mol. The highest BCUT2D eigenvalue weighted by Gasteiger charge is 2.22. The Morgan fingerprint density at radius 2 is 2.20 bits per heavy atom. The van der Waals surface area contributed by atoms with Crippen LogP contribution in [0.25, 0.3) is 0 Å². The van der Waals surface area contributed by atoms with Crippen molar-refractivity contribution in [1.82, 2.24) is 20.4 Å². The molecule has 15 heavy (non-hydrogen) atoms. The number of likely N-dealkylation sites (N-methyl/N-ethyl adjacent to an activating group) is 2. The molecule has 0 aliphatic carbocycles. The molecule has 2 heterocycles. The first-order valence-corrected chi connectivity index (χ1v) is 6.08. The molecule has 4 nitrogen and oxygen atoms in total. The first-order chi connectivity index (χ1) is 7.25. The van der Waals surface area contributed by atoms with Crippen molar-refractivity contribution < 1.29 is 0 Å². The van der Waals surface area contributed by atoms with Crippen molar-refractivity contribution in [3.8, 4) is 0 Å². The fraction of sp³-hybridized carbons (Fsp3) is 1.00. The smallest absolute Gasteiger partial charge is 0.0342 e. The van der Waals surface area contributed by atoms with E-state index in [9.17, 15) is 0 Å². The maximum atomic E-state index is 3.69. The summed E-state index contributed by atoms with van der Waals surface area (Å²) < 4.78 is 0. The Morgan fingerprint density at radius 1 is 1.33 bits per heavy atom. The molecule has 2 aliphatic rings. The lowest BCUT2D eigenvalue weighted by atomic mass is 10.2. The van der Waals surface area contributed by atoms with Crippen molar-refractivity contribution in [2.75, 3.05) is 53.4 Å². The molecular formula is C11H24N4. The van der Waals surface area contributed by atoms with Gasteiger partial charge in [-0.25, -0.2) is 0 Å². The lowest BCUT2D eigenvalue weighted by molar-refractivity contribution is 0.191. The predicted octanol–water partition coefficient (Wildman–Crippen LogP) is -0.816. The molecule has 0 spiro atoms. The second-order valence-electron chi connectivity index (χ2n) is 4.99. The van der Waals surface area contributed by atoms with Gasteiger partial charge in [0.15, 0.2) is 0 Å². The van der Waals surface area contributed by atoms with Gasteiger partial charge in [0.05, 0.1) is 0 Å². The van der Waals surface area contributed by atoms with Gasteiger partial charge in [-0.2, -0.15) is 0 Å². The van der Waals surface area contributed by atoms with Crippen molar-refractivity contribution >= 4 is 0 Å². The Hall–Kier alpha value is -0.160. The summed E-state index contributed by atoms with van der Waals surface area (Å²) in [7, 11) is 4.43. The largest absolute Gasteiger partial charge is 0.314 e. The number of nitrogens with zero attached hydrogens (tertiary/aromatic N) is 2. The minimum Gasteiger partial charge on any atom is -0.314 e. The second-order valence-corrected chi connectivity index (χ2v) is 4.99. The molecule has 0 aromatic carbocycles. The van der Waals surface area contributed by atoms with Gasteiger partial charge in [0.2, 0.25) is 0 Å². The Labute approximate surface area is 93.0 Å². The Morgan fingerprint density at radius 3 is 2.87 bits per heavy atom. The number of hydrogen-bond donors (Lipinski definition) is 2. The summed E-state index contributed by atoms with van der Waals surface area (Å²) in [4.78, 5) is 4.86. The summed E-state index contributed by atoms with van der Waals surface area (Å²) in [5, 5.41) is 7.15. The third-order valence-electron chi connectivity index (χ3n) is 3.68. The molecular weight excluding hydrogens is 188 g/mol. The van der Waals surface area contributed by atoms with E-state index in [4.69, 9.17) is 0 Å². The van der Waals surface area contributed by atoms with E-state index >= 15 is 0 Å².